The van der Waals surface area contributed by atoms with Gasteiger partial charge in [-0.2, -0.15) is 0 Å². The molecule has 0 aliphatic rings. The lowest BCUT2D eigenvalue weighted by Gasteiger charge is -2.12. The van der Waals surface area contributed by atoms with Crippen molar-refractivity contribution in [2.24, 2.45) is 0 Å². The first kappa shape index (κ1) is 12.7. The van der Waals surface area contributed by atoms with Crippen molar-refractivity contribution in [1.82, 2.24) is 5.32 Å². The lowest BCUT2D eigenvalue weighted by Crippen LogP contribution is -2.25. The van der Waals surface area contributed by atoms with Gasteiger partial charge in [0.25, 0.3) is 0 Å². The zero-order valence-electron chi connectivity index (χ0n) is 10.6. The maximum Gasteiger partial charge on any atom is 0.117 e. The standard InChI is InChI=1S/C15H19NO2/c1-12(16-11-15-3-2-10-18-15)4-5-13-6-8-14(17)9-7-13/h2-3,6-10,12,16-17H,4-5,11H2,1H3. The van der Waals surface area contributed by atoms with E-state index in [4.69, 9.17) is 4.42 Å². The van der Waals surface area contributed by atoms with Crippen LogP contribution >= 0.6 is 0 Å². The molecule has 0 amide bonds. The molecular weight excluding hydrogens is 226 g/mol. The molecule has 1 aromatic heterocycles. The number of aryl methyl sites for hydroxylation is 1. The summed E-state index contributed by atoms with van der Waals surface area (Å²) < 4.78 is 5.27. The Morgan fingerprint density at radius 1 is 1.22 bits per heavy atom. The monoisotopic (exact) mass is 245 g/mol. The Bertz CT molecular complexity index is 448. The second-order valence-corrected chi connectivity index (χ2v) is 4.57. The average molecular weight is 245 g/mol. The normalized spacial score (nSPS) is 12.5. The highest BCUT2D eigenvalue weighted by atomic mass is 16.3. The van der Waals surface area contributed by atoms with Crippen molar-refractivity contribution in [2.75, 3.05) is 0 Å². The highest BCUT2D eigenvalue weighted by Gasteiger charge is 2.03. The van der Waals surface area contributed by atoms with E-state index in [1.807, 2.05) is 24.3 Å². The van der Waals surface area contributed by atoms with Crippen LogP contribution < -0.4 is 5.32 Å². The van der Waals surface area contributed by atoms with E-state index in [0.717, 1.165) is 25.1 Å². The molecule has 1 aromatic carbocycles. The second kappa shape index (κ2) is 6.26. The van der Waals surface area contributed by atoms with Crippen molar-refractivity contribution in [1.29, 1.82) is 0 Å². The van der Waals surface area contributed by atoms with Gasteiger partial charge in [0.05, 0.1) is 12.8 Å². The molecule has 0 aliphatic carbocycles. The van der Waals surface area contributed by atoms with Crippen LogP contribution in [0.3, 0.4) is 0 Å². The number of nitrogens with one attached hydrogen (secondary N) is 1. The number of phenolic OH excluding ortho intramolecular Hbond substituents is 1. The van der Waals surface area contributed by atoms with Gasteiger partial charge in [0.1, 0.15) is 11.5 Å². The van der Waals surface area contributed by atoms with E-state index in [0.29, 0.717) is 11.8 Å². The van der Waals surface area contributed by atoms with Crippen LogP contribution in [0.15, 0.2) is 47.1 Å². The molecule has 18 heavy (non-hydrogen) atoms. The molecule has 0 bridgehead atoms. The Labute approximate surface area is 107 Å². The molecule has 2 aromatic rings. The second-order valence-electron chi connectivity index (χ2n) is 4.57. The predicted octanol–water partition coefficient (Wildman–Crippen LogP) is 3.10. The van der Waals surface area contributed by atoms with Gasteiger partial charge in [-0.25, -0.2) is 0 Å². The van der Waals surface area contributed by atoms with E-state index in [2.05, 4.69) is 12.2 Å². The quantitative estimate of drug-likeness (QED) is 0.822. The van der Waals surface area contributed by atoms with Crippen LogP contribution in [0, 0.1) is 0 Å². The van der Waals surface area contributed by atoms with E-state index < -0.39 is 0 Å². The van der Waals surface area contributed by atoms with Crippen LogP contribution in [0.25, 0.3) is 0 Å². The maximum atomic E-state index is 9.20. The number of hydrogen-bond acceptors (Lipinski definition) is 3. The van der Waals surface area contributed by atoms with Crippen LogP contribution in [0.4, 0.5) is 0 Å². The molecule has 0 radical (unpaired) electrons. The largest absolute Gasteiger partial charge is 0.508 e. The van der Waals surface area contributed by atoms with Crippen LogP contribution in [-0.2, 0) is 13.0 Å². The SMILES string of the molecule is CC(CCc1ccc(O)cc1)NCc1ccco1. The number of rotatable bonds is 6. The lowest BCUT2D eigenvalue weighted by molar-refractivity contribution is 0.443. The Morgan fingerprint density at radius 2 is 2.00 bits per heavy atom. The van der Waals surface area contributed by atoms with Gasteiger partial charge in [0.15, 0.2) is 0 Å². The van der Waals surface area contributed by atoms with Crippen molar-refractivity contribution >= 4 is 0 Å². The van der Waals surface area contributed by atoms with E-state index in [1.54, 1.807) is 18.4 Å². The van der Waals surface area contributed by atoms with Crippen molar-refractivity contribution in [3.8, 4) is 5.75 Å². The molecule has 2 N–H and O–H groups in total. The molecule has 0 spiro atoms. The number of phenols is 1. The van der Waals surface area contributed by atoms with E-state index in [1.165, 1.54) is 5.56 Å². The third-order valence-electron chi connectivity index (χ3n) is 3.01. The summed E-state index contributed by atoms with van der Waals surface area (Å²) in [6.07, 6.45) is 3.76. The molecule has 3 heteroatoms. The summed E-state index contributed by atoms with van der Waals surface area (Å²) in [6, 6.07) is 11.7. The van der Waals surface area contributed by atoms with Crippen molar-refractivity contribution < 1.29 is 9.52 Å². The van der Waals surface area contributed by atoms with Gasteiger partial charge in [0, 0.05) is 6.04 Å². The zero-order chi connectivity index (χ0) is 12.8. The van der Waals surface area contributed by atoms with E-state index in [9.17, 15) is 5.11 Å². The summed E-state index contributed by atoms with van der Waals surface area (Å²) in [4.78, 5) is 0. The highest BCUT2D eigenvalue weighted by Crippen LogP contribution is 2.12. The number of hydrogen-bond donors (Lipinski definition) is 2. The molecule has 1 atom stereocenters. The van der Waals surface area contributed by atoms with Gasteiger partial charge in [0.2, 0.25) is 0 Å². The Morgan fingerprint density at radius 3 is 2.67 bits per heavy atom. The third kappa shape index (κ3) is 3.93. The van der Waals surface area contributed by atoms with Crippen LogP contribution in [0.2, 0.25) is 0 Å². The molecule has 96 valence electrons. The van der Waals surface area contributed by atoms with Crippen LogP contribution in [0.5, 0.6) is 5.75 Å². The number of aromatic hydroxyl groups is 1. The minimum atomic E-state index is 0.322. The smallest absolute Gasteiger partial charge is 0.117 e. The van der Waals surface area contributed by atoms with Gasteiger partial charge in [-0.05, 0) is 49.6 Å². The number of benzene rings is 1. The molecule has 0 saturated heterocycles. The zero-order valence-corrected chi connectivity index (χ0v) is 10.6. The van der Waals surface area contributed by atoms with Gasteiger partial charge in [-0.1, -0.05) is 12.1 Å². The summed E-state index contributed by atoms with van der Waals surface area (Å²) in [6.45, 7) is 2.94. The molecule has 0 aliphatic heterocycles. The predicted molar refractivity (Wildman–Crippen MR) is 71.4 cm³/mol. The van der Waals surface area contributed by atoms with Crippen molar-refractivity contribution in [3.63, 3.8) is 0 Å². The fourth-order valence-electron chi connectivity index (χ4n) is 1.84. The van der Waals surface area contributed by atoms with Gasteiger partial charge in [-0.15, -0.1) is 0 Å². The Hall–Kier alpha value is -1.74. The van der Waals surface area contributed by atoms with Gasteiger partial charge in [-0.3, -0.25) is 0 Å². The number of furan rings is 1. The van der Waals surface area contributed by atoms with Crippen LogP contribution in [0.1, 0.15) is 24.7 Å². The first-order chi connectivity index (χ1) is 8.74. The molecule has 3 nitrogen and oxygen atoms in total. The summed E-state index contributed by atoms with van der Waals surface area (Å²) in [5.41, 5.74) is 1.25. The van der Waals surface area contributed by atoms with Gasteiger partial charge < -0.3 is 14.8 Å². The fraction of sp³-hybridized carbons (Fsp3) is 0.333. The van der Waals surface area contributed by atoms with Crippen LogP contribution in [-0.4, -0.2) is 11.1 Å². The van der Waals surface area contributed by atoms with Crippen molar-refractivity contribution in [3.05, 3.63) is 54.0 Å². The Kier molecular flexibility index (Phi) is 4.42. The maximum absolute atomic E-state index is 9.20. The summed E-state index contributed by atoms with van der Waals surface area (Å²) in [5.74, 6) is 1.29. The van der Waals surface area contributed by atoms with Gasteiger partial charge >= 0.3 is 0 Å². The lowest BCUT2D eigenvalue weighted by atomic mass is 10.1. The topological polar surface area (TPSA) is 45.4 Å². The van der Waals surface area contributed by atoms with E-state index in [-0.39, 0.29) is 0 Å². The first-order valence-electron chi connectivity index (χ1n) is 6.28. The molecule has 0 fully saturated rings. The first-order valence-corrected chi connectivity index (χ1v) is 6.28. The highest BCUT2D eigenvalue weighted by molar-refractivity contribution is 5.25. The molecular formula is C15H19NO2. The fourth-order valence-corrected chi connectivity index (χ4v) is 1.84. The third-order valence-corrected chi connectivity index (χ3v) is 3.01. The summed E-state index contributed by atoms with van der Waals surface area (Å²) in [7, 11) is 0. The minimum Gasteiger partial charge on any atom is -0.508 e. The molecule has 0 saturated carbocycles. The minimum absolute atomic E-state index is 0.322. The molecule has 1 unspecified atom stereocenters. The van der Waals surface area contributed by atoms with Crippen molar-refractivity contribution in [2.45, 2.75) is 32.4 Å². The average Bonchev–Trinajstić information content (AvgIpc) is 2.89. The summed E-state index contributed by atoms with van der Waals surface area (Å²) in [5, 5.41) is 12.6. The molecule has 2 rings (SSSR count). The Balaban J connectivity index is 1.71. The molecule has 1 heterocycles. The van der Waals surface area contributed by atoms with E-state index >= 15 is 0 Å². The summed E-state index contributed by atoms with van der Waals surface area (Å²) >= 11 is 0.